The number of anilines is 1. The fourth-order valence-electron chi connectivity index (χ4n) is 2.24. The molecule has 5 nitrogen and oxygen atoms in total. The maximum atomic E-state index is 5.62. The maximum Gasteiger partial charge on any atom is 0.231 e. The number of nitrogens with two attached hydrogens (primary N) is 1. The van der Waals surface area contributed by atoms with Crippen molar-refractivity contribution in [3.63, 3.8) is 0 Å². The highest BCUT2D eigenvalue weighted by Gasteiger charge is 2.27. The van der Waals surface area contributed by atoms with E-state index in [9.17, 15) is 0 Å². The third-order valence-corrected chi connectivity index (χ3v) is 3.60. The van der Waals surface area contributed by atoms with E-state index in [2.05, 4.69) is 34.9 Å². The molecule has 3 rings (SSSR count). The number of rotatable bonds is 2. The van der Waals surface area contributed by atoms with E-state index in [1.54, 1.807) is 6.07 Å². The molecule has 1 aromatic carbocycles. The summed E-state index contributed by atoms with van der Waals surface area (Å²) in [6.07, 6.45) is 0. The molecule has 0 aliphatic carbocycles. The molecule has 0 atom stereocenters. The van der Waals surface area contributed by atoms with E-state index in [4.69, 9.17) is 19.7 Å². The first-order valence-electron chi connectivity index (χ1n) is 5.92. The lowest BCUT2D eigenvalue weighted by atomic mass is 9.94. The second-order valence-electron chi connectivity index (χ2n) is 4.66. The zero-order valence-corrected chi connectivity index (χ0v) is 12.2. The normalized spacial score (nSPS) is 13.3. The summed E-state index contributed by atoms with van der Waals surface area (Å²) in [6.45, 7) is 4.42. The van der Waals surface area contributed by atoms with Crippen molar-refractivity contribution in [2.75, 3.05) is 12.5 Å². The largest absolute Gasteiger partial charge is 0.453 e. The standard InChI is InChI=1S/C13H13BrN2O3/c1-6(2)11-7(9-4-10(15)16-19-9)3-8(14)12-13(11)18-5-17-12/h3-4,6H,5H2,1-2H3,(H2,15,16). The average molecular weight is 325 g/mol. The van der Waals surface area contributed by atoms with Crippen LogP contribution in [-0.2, 0) is 0 Å². The number of hydrogen-bond acceptors (Lipinski definition) is 5. The van der Waals surface area contributed by atoms with E-state index >= 15 is 0 Å². The van der Waals surface area contributed by atoms with Gasteiger partial charge in [0.2, 0.25) is 6.79 Å². The van der Waals surface area contributed by atoms with Gasteiger partial charge in [0.15, 0.2) is 23.1 Å². The van der Waals surface area contributed by atoms with Crippen molar-refractivity contribution in [2.45, 2.75) is 19.8 Å². The first-order chi connectivity index (χ1) is 9.08. The van der Waals surface area contributed by atoms with E-state index < -0.39 is 0 Å². The van der Waals surface area contributed by atoms with Crippen LogP contribution in [0.15, 0.2) is 21.1 Å². The van der Waals surface area contributed by atoms with Crippen LogP contribution in [0.3, 0.4) is 0 Å². The molecule has 0 saturated heterocycles. The van der Waals surface area contributed by atoms with Gasteiger partial charge in [0.1, 0.15) is 0 Å². The van der Waals surface area contributed by atoms with Crippen LogP contribution in [0.5, 0.6) is 11.5 Å². The Kier molecular flexibility index (Phi) is 2.89. The van der Waals surface area contributed by atoms with Gasteiger partial charge in [-0.3, -0.25) is 0 Å². The quantitative estimate of drug-likeness (QED) is 0.914. The van der Waals surface area contributed by atoms with Gasteiger partial charge in [-0.2, -0.15) is 0 Å². The summed E-state index contributed by atoms with van der Waals surface area (Å²) in [5.41, 5.74) is 7.57. The lowest BCUT2D eigenvalue weighted by Gasteiger charge is -2.14. The molecule has 0 bridgehead atoms. The summed E-state index contributed by atoms with van der Waals surface area (Å²) in [4.78, 5) is 0. The van der Waals surface area contributed by atoms with Gasteiger partial charge in [0.05, 0.1) is 4.47 Å². The number of fused-ring (bicyclic) bond motifs is 1. The number of halogens is 1. The van der Waals surface area contributed by atoms with Crippen LogP contribution in [-0.4, -0.2) is 11.9 Å². The fraction of sp³-hybridized carbons (Fsp3) is 0.308. The molecule has 19 heavy (non-hydrogen) atoms. The molecule has 0 radical (unpaired) electrons. The summed E-state index contributed by atoms with van der Waals surface area (Å²) < 4.78 is 17.2. The Balaban J connectivity index is 2.27. The van der Waals surface area contributed by atoms with Crippen molar-refractivity contribution in [1.82, 2.24) is 5.16 Å². The minimum Gasteiger partial charge on any atom is -0.453 e. The number of nitrogen functional groups attached to an aromatic ring is 1. The van der Waals surface area contributed by atoms with Gasteiger partial charge in [-0.1, -0.05) is 19.0 Å². The third-order valence-electron chi connectivity index (χ3n) is 3.01. The van der Waals surface area contributed by atoms with Crippen LogP contribution in [0, 0.1) is 0 Å². The lowest BCUT2D eigenvalue weighted by Crippen LogP contribution is -1.97. The molecule has 6 heteroatoms. The van der Waals surface area contributed by atoms with Gasteiger partial charge in [-0.25, -0.2) is 0 Å². The SMILES string of the molecule is CC(C)c1c(-c2cc(N)no2)cc(Br)c2c1OCO2. The van der Waals surface area contributed by atoms with Crippen molar-refractivity contribution in [3.8, 4) is 22.8 Å². The number of ether oxygens (including phenoxy) is 2. The molecular formula is C13H13BrN2O3. The number of aromatic nitrogens is 1. The van der Waals surface area contributed by atoms with Crippen LogP contribution in [0.4, 0.5) is 5.82 Å². The van der Waals surface area contributed by atoms with Gasteiger partial charge in [0, 0.05) is 17.2 Å². The highest BCUT2D eigenvalue weighted by molar-refractivity contribution is 9.10. The number of nitrogens with zero attached hydrogens (tertiary/aromatic N) is 1. The second kappa shape index (κ2) is 4.45. The Morgan fingerprint density at radius 3 is 2.63 bits per heavy atom. The summed E-state index contributed by atoms with van der Waals surface area (Å²) in [5.74, 6) is 2.73. The molecule has 0 amide bonds. The van der Waals surface area contributed by atoms with Crippen molar-refractivity contribution in [2.24, 2.45) is 0 Å². The molecule has 1 aliphatic heterocycles. The monoisotopic (exact) mass is 324 g/mol. The number of benzene rings is 1. The Morgan fingerprint density at radius 1 is 1.26 bits per heavy atom. The van der Waals surface area contributed by atoms with E-state index in [1.807, 2.05) is 6.07 Å². The highest BCUT2D eigenvalue weighted by Crippen LogP contribution is 2.49. The zero-order valence-electron chi connectivity index (χ0n) is 10.6. The minimum atomic E-state index is 0.232. The summed E-state index contributed by atoms with van der Waals surface area (Å²) in [5, 5.41) is 3.73. The van der Waals surface area contributed by atoms with E-state index in [-0.39, 0.29) is 12.7 Å². The predicted octanol–water partition coefficient (Wildman–Crippen LogP) is 3.54. The molecule has 0 unspecified atom stereocenters. The van der Waals surface area contributed by atoms with Crippen molar-refractivity contribution in [1.29, 1.82) is 0 Å². The molecule has 2 aromatic rings. The Hall–Kier alpha value is -1.69. The minimum absolute atomic E-state index is 0.232. The molecule has 1 aliphatic rings. The van der Waals surface area contributed by atoms with Gasteiger partial charge >= 0.3 is 0 Å². The van der Waals surface area contributed by atoms with Gasteiger partial charge < -0.3 is 19.7 Å². The molecule has 2 N–H and O–H groups in total. The molecular weight excluding hydrogens is 312 g/mol. The van der Waals surface area contributed by atoms with Crippen molar-refractivity contribution >= 4 is 21.7 Å². The smallest absolute Gasteiger partial charge is 0.231 e. The topological polar surface area (TPSA) is 70.5 Å². The molecule has 0 saturated carbocycles. The molecule has 2 heterocycles. The van der Waals surface area contributed by atoms with E-state index in [0.717, 1.165) is 27.1 Å². The lowest BCUT2D eigenvalue weighted by molar-refractivity contribution is 0.172. The number of hydrogen-bond donors (Lipinski definition) is 1. The van der Waals surface area contributed by atoms with Crippen LogP contribution >= 0.6 is 15.9 Å². The average Bonchev–Trinajstić information content (AvgIpc) is 2.96. The Labute approximate surface area is 118 Å². The first kappa shape index (κ1) is 12.3. The molecule has 0 fully saturated rings. The Morgan fingerprint density at radius 2 is 2.00 bits per heavy atom. The van der Waals surface area contributed by atoms with Crippen LogP contribution in [0.2, 0.25) is 0 Å². The summed E-state index contributed by atoms with van der Waals surface area (Å²) in [6, 6.07) is 3.65. The maximum absolute atomic E-state index is 5.62. The van der Waals surface area contributed by atoms with Crippen molar-refractivity contribution < 1.29 is 14.0 Å². The molecule has 100 valence electrons. The second-order valence-corrected chi connectivity index (χ2v) is 5.51. The summed E-state index contributed by atoms with van der Waals surface area (Å²) >= 11 is 3.49. The van der Waals surface area contributed by atoms with Crippen molar-refractivity contribution in [3.05, 3.63) is 22.2 Å². The predicted molar refractivity (Wildman–Crippen MR) is 74.3 cm³/mol. The first-order valence-corrected chi connectivity index (χ1v) is 6.71. The zero-order chi connectivity index (χ0) is 13.6. The molecule has 1 aromatic heterocycles. The van der Waals surface area contributed by atoms with Crippen LogP contribution < -0.4 is 15.2 Å². The fourth-order valence-corrected chi connectivity index (χ4v) is 2.76. The van der Waals surface area contributed by atoms with E-state index in [0.29, 0.717) is 11.6 Å². The van der Waals surface area contributed by atoms with Crippen LogP contribution in [0.25, 0.3) is 11.3 Å². The Bertz CT molecular complexity index is 637. The third kappa shape index (κ3) is 1.96. The van der Waals surface area contributed by atoms with Crippen LogP contribution in [0.1, 0.15) is 25.3 Å². The van der Waals surface area contributed by atoms with Gasteiger partial charge in [-0.05, 0) is 27.9 Å². The van der Waals surface area contributed by atoms with E-state index in [1.165, 1.54) is 0 Å². The molecule has 0 spiro atoms. The van der Waals surface area contributed by atoms with Gasteiger partial charge in [0.25, 0.3) is 0 Å². The highest BCUT2D eigenvalue weighted by atomic mass is 79.9. The summed E-state index contributed by atoms with van der Waals surface area (Å²) in [7, 11) is 0. The van der Waals surface area contributed by atoms with Gasteiger partial charge in [-0.15, -0.1) is 0 Å².